The molecule has 144 valence electrons. The zero-order valence-electron chi connectivity index (χ0n) is 18.3. The van der Waals surface area contributed by atoms with E-state index in [2.05, 4.69) is 103 Å². The van der Waals surface area contributed by atoms with E-state index in [1.54, 1.807) is 0 Å². The highest BCUT2D eigenvalue weighted by Gasteiger charge is 2.24. The van der Waals surface area contributed by atoms with E-state index in [0.717, 1.165) is 12.3 Å². The fourth-order valence-corrected chi connectivity index (χ4v) is 3.83. The number of nitrogens with zero attached hydrogens (tertiary/aromatic N) is 2. The minimum Gasteiger partial charge on any atom is -0.279 e. The van der Waals surface area contributed by atoms with Crippen LogP contribution in [0.15, 0.2) is 41.4 Å². The lowest BCUT2D eigenvalue weighted by Crippen LogP contribution is -2.29. The van der Waals surface area contributed by atoms with Gasteiger partial charge in [-0.2, -0.15) is 0 Å². The minimum absolute atomic E-state index is 0.373. The first-order valence-electron chi connectivity index (χ1n) is 10.0. The highest BCUT2D eigenvalue weighted by molar-refractivity contribution is 6.37. The molecule has 2 rings (SSSR count). The molecule has 0 spiro atoms. The van der Waals surface area contributed by atoms with Crippen LogP contribution in [0.2, 0.25) is 0 Å². The van der Waals surface area contributed by atoms with Crippen LogP contribution < -0.4 is 0 Å². The lowest BCUT2D eigenvalue weighted by atomic mass is 9.90. The van der Waals surface area contributed by atoms with Crippen LogP contribution in [0, 0.1) is 27.7 Å². The maximum Gasteiger partial charge on any atom is 0.189 e. The van der Waals surface area contributed by atoms with Crippen LogP contribution in [0.3, 0.4) is 0 Å². The molecule has 2 aromatic rings. The third-order valence-corrected chi connectivity index (χ3v) is 5.67. The number of aryl methyl sites for hydroxylation is 4. The van der Waals surface area contributed by atoms with Crippen molar-refractivity contribution in [1.82, 2.24) is 0 Å². The van der Waals surface area contributed by atoms with Gasteiger partial charge in [0.2, 0.25) is 0 Å². The maximum absolute atomic E-state index is 4.82. The molecule has 0 fully saturated rings. The van der Waals surface area contributed by atoms with Crippen LogP contribution in [-0.2, 0) is 0 Å². The van der Waals surface area contributed by atoms with Crippen molar-refractivity contribution in [3.05, 3.63) is 69.8 Å². The first-order chi connectivity index (χ1) is 12.8. The van der Waals surface area contributed by atoms with Crippen molar-refractivity contribution in [2.45, 2.75) is 60.4 Å². The average Bonchev–Trinajstić information content (AvgIpc) is 2.60. The van der Waals surface area contributed by atoms with Crippen molar-refractivity contribution >= 4 is 11.9 Å². The van der Waals surface area contributed by atoms with E-state index >= 15 is 0 Å². The molecule has 2 unspecified atom stereocenters. The molecule has 2 heteroatoms. The largest absolute Gasteiger partial charge is 0.279 e. The lowest BCUT2D eigenvalue weighted by Gasteiger charge is -2.20. The monoisotopic (exact) mass is 363 g/mol. The Morgan fingerprint density at radius 2 is 1.63 bits per heavy atom. The van der Waals surface area contributed by atoms with E-state index in [0.29, 0.717) is 12.0 Å². The van der Waals surface area contributed by atoms with Crippen molar-refractivity contribution in [2.24, 2.45) is 4.99 Å². The van der Waals surface area contributed by atoms with Crippen molar-refractivity contribution in [3.63, 3.8) is 0 Å². The number of rotatable bonds is 6. The highest BCUT2D eigenvalue weighted by atomic mass is 15.0. The van der Waals surface area contributed by atoms with Gasteiger partial charge in [0.15, 0.2) is 12.3 Å². The second kappa shape index (κ2) is 9.12. The van der Waals surface area contributed by atoms with Crippen LogP contribution in [-0.4, -0.2) is 36.1 Å². The minimum atomic E-state index is 0.373. The fraction of sp³-hybridized carbons (Fsp3) is 0.440. The second-order valence-electron chi connectivity index (χ2n) is 7.81. The standard InChI is InChI=1S/C25H35N2/c1-9-26-24(25-18(3)11-10-12-19(25)4)16-27(8)22(7)21(6)23-14-13-17(2)15-20(23)5/h10-16,21-22H,9H2,1-8H3/q+1. The molecule has 2 nitrogen and oxygen atoms in total. The van der Waals surface area contributed by atoms with E-state index < -0.39 is 0 Å². The molecule has 2 aromatic carbocycles. The van der Waals surface area contributed by atoms with Gasteiger partial charge >= 0.3 is 0 Å². The Hall–Kier alpha value is -2.22. The summed E-state index contributed by atoms with van der Waals surface area (Å²) in [5.74, 6) is 0.438. The predicted molar refractivity (Wildman–Crippen MR) is 119 cm³/mol. The van der Waals surface area contributed by atoms with E-state index in [9.17, 15) is 0 Å². The molecule has 0 saturated carbocycles. The summed E-state index contributed by atoms with van der Waals surface area (Å²) < 4.78 is 2.32. The van der Waals surface area contributed by atoms with E-state index in [1.165, 1.54) is 33.4 Å². The molecule has 0 heterocycles. The Morgan fingerprint density at radius 3 is 2.19 bits per heavy atom. The van der Waals surface area contributed by atoms with Crippen LogP contribution in [0.1, 0.15) is 60.1 Å². The Kier molecular flexibility index (Phi) is 7.12. The summed E-state index contributed by atoms with van der Waals surface area (Å²) in [5, 5.41) is 0. The Morgan fingerprint density at radius 1 is 1.00 bits per heavy atom. The highest BCUT2D eigenvalue weighted by Crippen LogP contribution is 2.25. The van der Waals surface area contributed by atoms with Crippen LogP contribution in [0.4, 0.5) is 0 Å². The first-order valence-corrected chi connectivity index (χ1v) is 10.0. The molecule has 0 aliphatic carbocycles. The van der Waals surface area contributed by atoms with Crippen LogP contribution >= 0.6 is 0 Å². The second-order valence-corrected chi connectivity index (χ2v) is 7.81. The third-order valence-electron chi connectivity index (χ3n) is 5.67. The Bertz CT molecular complexity index is 838. The van der Waals surface area contributed by atoms with Gasteiger partial charge in [0.1, 0.15) is 12.8 Å². The SMILES string of the molecule is CCN=C(C=[N+](C)C(C)C(C)c1ccc(C)cc1C)c1c(C)cccc1C. The number of aliphatic imine (C=N–C) groups is 1. The molecule has 0 bridgehead atoms. The molecule has 27 heavy (non-hydrogen) atoms. The molecule has 0 radical (unpaired) electrons. The first kappa shape index (κ1) is 21.1. The van der Waals surface area contributed by atoms with Gasteiger partial charge < -0.3 is 0 Å². The Labute approximate surface area is 165 Å². The number of hydrogen-bond donors (Lipinski definition) is 0. The average molecular weight is 364 g/mol. The normalized spacial score (nSPS) is 15.0. The summed E-state index contributed by atoms with van der Waals surface area (Å²) in [6.07, 6.45) is 2.23. The molecule has 0 aliphatic heterocycles. The molecule has 2 atom stereocenters. The zero-order valence-corrected chi connectivity index (χ0v) is 18.3. The van der Waals surface area contributed by atoms with Gasteiger partial charge in [0, 0.05) is 18.0 Å². The topological polar surface area (TPSA) is 15.4 Å². The molecule has 0 N–H and O–H groups in total. The summed E-state index contributed by atoms with van der Waals surface area (Å²) in [4.78, 5) is 4.82. The number of benzene rings is 2. The molecule has 0 amide bonds. The Balaban J connectivity index is 2.38. The van der Waals surface area contributed by atoms with Crippen molar-refractivity contribution in [2.75, 3.05) is 13.6 Å². The van der Waals surface area contributed by atoms with Crippen molar-refractivity contribution < 1.29 is 4.58 Å². The quantitative estimate of drug-likeness (QED) is 0.466. The summed E-state index contributed by atoms with van der Waals surface area (Å²) in [5.41, 5.74) is 9.02. The molecule has 0 aliphatic rings. The lowest BCUT2D eigenvalue weighted by molar-refractivity contribution is -0.531. The number of likely N-dealkylation sites (N-methyl/N-ethyl adjacent to an activating group) is 1. The van der Waals surface area contributed by atoms with Crippen molar-refractivity contribution in [3.8, 4) is 0 Å². The zero-order chi connectivity index (χ0) is 20.1. The van der Waals surface area contributed by atoms with Crippen LogP contribution in [0.5, 0.6) is 0 Å². The summed E-state index contributed by atoms with van der Waals surface area (Å²) >= 11 is 0. The summed E-state index contributed by atoms with van der Waals surface area (Å²) in [7, 11) is 2.17. The van der Waals surface area contributed by atoms with Gasteiger partial charge in [-0.05, 0) is 63.8 Å². The van der Waals surface area contributed by atoms with Gasteiger partial charge in [-0.15, -0.1) is 0 Å². The van der Waals surface area contributed by atoms with E-state index in [-0.39, 0.29) is 0 Å². The smallest absolute Gasteiger partial charge is 0.189 e. The summed E-state index contributed by atoms with van der Waals surface area (Å²) in [6.45, 7) is 16.2. The van der Waals surface area contributed by atoms with E-state index in [1.807, 2.05) is 0 Å². The van der Waals surface area contributed by atoms with Crippen LogP contribution in [0.25, 0.3) is 0 Å². The van der Waals surface area contributed by atoms with Gasteiger partial charge in [-0.3, -0.25) is 4.99 Å². The van der Waals surface area contributed by atoms with Gasteiger partial charge in [-0.25, -0.2) is 4.58 Å². The fourth-order valence-electron chi connectivity index (χ4n) is 3.83. The predicted octanol–water partition coefficient (Wildman–Crippen LogP) is 5.63. The molecular formula is C25H35N2+. The summed E-state index contributed by atoms with van der Waals surface area (Å²) in [6, 6.07) is 13.6. The number of hydrogen-bond acceptors (Lipinski definition) is 1. The van der Waals surface area contributed by atoms with Gasteiger partial charge in [0.05, 0.1) is 0 Å². The van der Waals surface area contributed by atoms with Gasteiger partial charge in [0.25, 0.3) is 0 Å². The molecular weight excluding hydrogens is 328 g/mol. The molecule has 0 aromatic heterocycles. The maximum atomic E-state index is 4.82. The molecule has 0 saturated heterocycles. The third kappa shape index (κ3) is 4.94. The van der Waals surface area contributed by atoms with Gasteiger partial charge in [-0.1, -0.05) is 48.9 Å². The van der Waals surface area contributed by atoms with Crippen molar-refractivity contribution in [1.29, 1.82) is 0 Å². The van der Waals surface area contributed by atoms with E-state index in [4.69, 9.17) is 4.99 Å².